The molecule has 0 heterocycles. The molecule has 0 aromatic heterocycles. The van der Waals surface area contributed by atoms with Crippen molar-refractivity contribution in [2.75, 3.05) is 11.5 Å². The van der Waals surface area contributed by atoms with Crippen LogP contribution < -0.4 is 4.72 Å². The summed E-state index contributed by atoms with van der Waals surface area (Å²) in [7, 11) is -1.32. The zero-order chi connectivity index (χ0) is 16.0. The van der Waals surface area contributed by atoms with Crippen molar-refractivity contribution >= 4 is 16.1 Å². The van der Waals surface area contributed by atoms with Gasteiger partial charge in [-0.1, -0.05) is 74.5 Å². The number of rotatable bonds is 6. The van der Waals surface area contributed by atoms with Gasteiger partial charge < -0.3 is 4.72 Å². The number of hydrogen-bond acceptors (Lipinski definition) is 1. The van der Waals surface area contributed by atoms with E-state index in [0.29, 0.717) is 0 Å². The molecule has 0 bridgehead atoms. The van der Waals surface area contributed by atoms with Crippen molar-refractivity contribution in [3.8, 4) is 0 Å². The number of hydrogen-bond donors (Lipinski definition) is 1. The van der Waals surface area contributed by atoms with Crippen LogP contribution in [0.4, 0.5) is 0 Å². The summed E-state index contributed by atoms with van der Waals surface area (Å²) >= 11 is 0. The van der Waals surface area contributed by atoms with Crippen LogP contribution in [0.15, 0.2) is 60.7 Å². The molecule has 0 aliphatic rings. The fourth-order valence-electron chi connectivity index (χ4n) is 3.00. The SMILES string of the molecule is CCS(CC)(NC(C)=O)C(c1ccccc1)c1ccccc1. The van der Waals surface area contributed by atoms with Gasteiger partial charge in [-0.3, -0.25) is 4.79 Å². The third kappa shape index (κ3) is 3.53. The van der Waals surface area contributed by atoms with Gasteiger partial charge in [-0.15, -0.1) is 0 Å². The fourth-order valence-corrected chi connectivity index (χ4v) is 6.41. The number of nitrogens with one attached hydrogen (secondary N) is 1. The first-order valence-corrected chi connectivity index (χ1v) is 9.82. The molecular weight excluding hydrogens is 290 g/mol. The minimum Gasteiger partial charge on any atom is -0.318 e. The summed E-state index contributed by atoms with van der Waals surface area (Å²) in [4.78, 5) is 11.9. The van der Waals surface area contributed by atoms with E-state index in [0.717, 1.165) is 11.5 Å². The lowest BCUT2D eigenvalue weighted by Crippen LogP contribution is -2.33. The Hall–Kier alpha value is -1.74. The number of amides is 1. The Labute approximate surface area is 135 Å². The molecule has 1 amide bonds. The molecule has 2 rings (SSSR count). The van der Waals surface area contributed by atoms with Crippen LogP contribution in [0.2, 0.25) is 0 Å². The van der Waals surface area contributed by atoms with Gasteiger partial charge in [-0.05, 0) is 22.6 Å². The van der Waals surface area contributed by atoms with Gasteiger partial charge in [-0.2, -0.15) is 10.2 Å². The van der Waals surface area contributed by atoms with Crippen molar-refractivity contribution in [2.24, 2.45) is 0 Å². The van der Waals surface area contributed by atoms with Gasteiger partial charge in [0.05, 0.1) is 5.25 Å². The van der Waals surface area contributed by atoms with E-state index in [1.807, 2.05) is 12.1 Å². The van der Waals surface area contributed by atoms with Crippen LogP contribution in [0.25, 0.3) is 0 Å². The topological polar surface area (TPSA) is 29.1 Å². The molecule has 118 valence electrons. The van der Waals surface area contributed by atoms with Gasteiger partial charge >= 0.3 is 0 Å². The third-order valence-electron chi connectivity index (χ3n) is 4.03. The molecule has 0 saturated heterocycles. The van der Waals surface area contributed by atoms with Gasteiger partial charge in [0, 0.05) is 6.92 Å². The maximum absolute atomic E-state index is 11.9. The van der Waals surface area contributed by atoms with Crippen molar-refractivity contribution in [1.29, 1.82) is 0 Å². The molecule has 2 nitrogen and oxygen atoms in total. The monoisotopic (exact) mass is 315 g/mol. The average Bonchev–Trinajstić information content (AvgIpc) is 2.55. The molecule has 0 saturated carbocycles. The first kappa shape index (κ1) is 16.6. The number of carbonyl (C=O) groups excluding carboxylic acids is 1. The van der Waals surface area contributed by atoms with Gasteiger partial charge in [-0.25, -0.2) is 0 Å². The van der Waals surface area contributed by atoms with Crippen LogP contribution >= 0.6 is 10.2 Å². The van der Waals surface area contributed by atoms with Crippen LogP contribution in [0.3, 0.4) is 0 Å². The highest BCUT2D eigenvalue weighted by molar-refractivity contribution is 8.32. The molecule has 0 radical (unpaired) electrons. The van der Waals surface area contributed by atoms with Crippen LogP contribution in [-0.2, 0) is 4.79 Å². The highest BCUT2D eigenvalue weighted by Crippen LogP contribution is 2.59. The Morgan fingerprint density at radius 1 is 0.909 bits per heavy atom. The molecule has 0 unspecified atom stereocenters. The summed E-state index contributed by atoms with van der Waals surface area (Å²) in [5.41, 5.74) is 2.56. The summed E-state index contributed by atoms with van der Waals surface area (Å²) in [5, 5.41) is 0.230. The Bertz CT molecular complexity index is 554. The van der Waals surface area contributed by atoms with Gasteiger partial charge in [0.1, 0.15) is 0 Å². The maximum atomic E-state index is 11.9. The molecule has 0 atom stereocenters. The van der Waals surface area contributed by atoms with E-state index in [2.05, 4.69) is 67.1 Å². The van der Waals surface area contributed by atoms with Crippen molar-refractivity contribution < 1.29 is 4.79 Å². The average molecular weight is 315 g/mol. The Balaban J connectivity index is 2.58. The summed E-state index contributed by atoms with van der Waals surface area (Å²) in [5.74, 6) is 2.00. The molecule has 1 N–H and O–H groups in total. The first-order chi connectivity index (χ1) is 10.6. The summed E-state index contributed by atoms with van der Waals surface area (Å²) < 4.78 is 3.33. The van der Waals surface area contributed by atoms with E-state index in [1.165, 1.54) is 11.1 Å². The second-order valence-electron chi connectivity index (χ2n) is 5.38. The lowest BCUT2D eigenvalue weighted by atomic mass is 10.0. The number of benzene rings is 2. The van der Waals surface area contributed by atoms with Crippen LogP contribution in [-0.4, -0.2) is 17.4 Å². The highest BCUT2D eigenvalue weighted by Gasteiger charge is 2.33. The largest absolute Gasteiger partial charge is 0.318 e. The first-order valence-electron chi connectivity index (χ1n) is 7.78. The van der Waals surface area contributed by atoms with E-state index in [9.17, 15) is 4.79 Å². The molecule has 2 aromatic carbocycles. The van der Waals surface area contributed by atoms with Gasteiger partial charge in [0.25, 0.3) is 0 Å². The van der Waals surface area contributed by atoms with E-state index in [1.54, 1.807) is 6.92 Å². The fraction of sp³-hybridized carbons (Fsp3) is 0.316. The summed E-state index contributed by atoms with van der Waals surface area (Å²) in [6.07, 6.45) is 0. The summed E-state index contributed by atoms with van der Waals surface area (Å²) in [6.45, 7) is 6.00. The third-order valence-corrected chi connectivity index (χ3v) is 8.23. The maximum Gasteiger partial charge on any atom is 0.225 e. The second-order valence-corrected chi connectivity index (χ2v) is 9.10. The molecule has 3 heteroatoms. The van der Waals surface area contributed by atoms with Crippen molar-refractivity contribution in [3.05, 3.63) is 71.8 Å². The van der Waals surface area contributed by atoms with E-state index in [4.69, 9.17) is 0 Å². The minimum atomic E-state index is -1.32. The van der Waals surface area contributed by atoms with Crippen molar-refractivity contribution in [2.45, 2.75) is 26.0 Å². The molecule has 2 aromatic rings. The molecule has 0 spiro atoms. The molecular formula is C19H25NOS. The van der Waals surface area contributed by atoms with Crippen molar-refractivity contribution in [1.82, 2.24) is 4.72 Å². The van der Waals surface area contributed by atoms with Crippen molar-refractivity contribution in [3.63, 3.8) is 0 Å². The predicted molar refractivity (Wildman–Crippen MR) is 97.2 cm³/mol. The lowest BCUT2D eigenvalue weighted by molar-refractivity contribution is -0.117. The van der Waals surface area contributed by atoms with E-state index in [-0.39, 0.29) is 11.2 Å². The smallest absolute Gasteiger partial charge is 0.225 e. The van der Waals surface area contributed by atoms with Gasteiger partial charge in [0.15, 0.2) is 0 Å². The Kier molecular flexibility index (Phi) is 5.67. The summed E-state index contributed by atoms with van der Waals surface area (Å²) in [6, 6.07) is 21.1. The Morgan fingerprint density at radius 2 is 1.32 bits per heavy atom. The van der Waals surface area contributed by atoms with Crippen LogP contribution in [0.1, 0.15) is 37.1 Å². The second kappa shape index (κ2) is 7.50. The standard InChI is InChI=1S/C19H25NOS/c1-4-22(5-2,20-16(3)21)19(17-12-8-6-9-13-17)18-14-10-7-11-15-18/h6-15,19H,4-5H2,1-3H3,(H,20,21). The minimum absolute atomic E-state index is 0.0653. The van der Waals surface area contributed by atoms with Crippen LogP contribution in [0, 0.1) is 0 Å². The van der Waals surface area contributed by atoms with E-state index >= 15 is 0 Å². The zero-order valence-corrected chi connectivity index (χ0v) is 14.4. The number of carbonyl (C=O) groups is 1. The Morgan fingerprint density at radius 3 is 1.64 bits per heavy atom. The quantitative estimate of drug-likeness (QED) is 0.824. The molecule has 0 fully saturated rings. The zero-order valence-electron chi connectivity index (χ0n) is 13.6. The lowest BCUT2D eigenvalue weighted by Gasteiger charge is -2.46. The van der Waals surface area contributed by atoms with Gasteiger partial charge in [0.2, 0.25) is 5.91 Å². The normalized spacial score (nSPS) is 12.2. The molecule has 22 heavy (non-hydrogen) atoms. The highest BCUT2D eigenvalue weighted by atomic mass is 32.3. The van der Waals surface area contributed by atoms with Crippen LogP contribution in [0.5, 0.6) is 0 Å². The molecule has 0 aliphatic carbocycles. The van der Waals surface area contributed by atoms with E-state index < -0.39 is 10.2 Å². The predicted octanol–water partition coefficient (Wildman–Crippen LogP) is 4.67. The molecule has 0 aliphatic heterocycles.